The van der Waals surface area contributed by atoms with Crippen LogP contribution >= 0.6 is 0 Å². The molecule has 6 heterocycles. The van der Waals surface area contributed by atoms with Crippen LogP contribution in [0.15, 0.2) is 116 Å². The quantitative estimate of drug-likeness (QED) is 0.00907. The average molecular weight is 1560 g/mol. The molecule has 0 saturated carbocycles. The van der Waals surface area contributed by atoms with Gasteiger partial charge in [0.25, 0.3) is 0 Å². The number of allylic oxidation sites excluding steroid dienone is 2. The Bertz CT molecular complexity index is 4590. The fourth-order valence-electron chi connectivity index (χ4n) is 12.5. The summed E-state index contributed by atoms with van der Waals surface area (Å²) in [6, 6.07) is 19.1. The molecular weight excluding hydrogens is 1460 g/mol. The molecule has 582 valence electrons. The predicted octanol–water partition coefficient (Wildman–Crippen LogP) is 9.07. The van der Waals surface area contributed by atoms with Crippen LogP contribution < -0.4 is 30.2 Å². The third-order valence-electron chi connectivity index (χ3n) is 17.1. The van der Waals surface area contributed by atoms with Crippen LogP contribution in [-0.2, 0) is 88.5 Å². The monoisotopic (exact) mass is 1550 g/mol. The lowest BCUT2D eigenvalue weighted by Gasteiger charge is -2.43. The number of rotatable bonds is 34. The molecule has 6 aromatic rings. The molecule has 0 unspecified atom stereocenters. The molecule has 0 aliphatic carbocycles. The Hall–Kier alpha value is -8.50. The number of pyridine rings is 2. The first kappa shape index (κ1) is 89.9. The van der Waals surface area contributed by atoms with E-state index in [4.69, 9.17) is 58.5 Å². The van der Waals surface area contributed by atoms with Crippen LogP contribution in [0, 0.1) is 0 Å². The minimum absolute atomic E-state index is 0.0796. The van der Waals surface area contributed by atoms with E-state index in [1.165, 1.54) is 0 Å². The van der Waals surface area contributed by atoms with Crippen molar-refractivity contribution < 1.29 is 103 Å². The minimum atomic E-state index is -4.21. The Labute approximate surface area is 622 Å². The molecule has 2 aliphatic heterocycles. The van der Waals surface area contributed by atoms with Gasteiger partial charge in [0, 0.05) is 157 Å². The highest BCUT2D eigenvalue weighted by atomic mass is 32.2. The van der Waals surface area contributed by atoms with E-state index in [9.17, 15) is 45.1 Å². The van der Waals surface area contributed by atoms with Gasteiger partial charge in [-0.15, -0.1) is 25.3 Å². The lowest BCUT2D eigenvalue weighted by atomic mass is 9.87. The zero-order valence-corrected chi connectivity index (χ0v) is 65.3. The summed E-state index contributed by atoms with van der Waals surface area (Å²) in [6.45, 7) is 28.6. The summed E-state index contributed by atoms with van der Waals surface area (Å²) in [7, 11) is -14.6. The highest BCUT2D eigenvalue weighted by molar-refractivity contribution is 7.85. The smallest absolute Gasteiger partial charge is 0.425 e. The van der Waals surface area contributed by atoms with Gasteiger partial charge in [-0.1, -0.05) is 38.0 Å². The van der Waals surface area contributed by atoms with E-state index in [1.54, 1.807) is 0 Å². The molecule has 0 bridgehead atoms. The standard InChI is InChI=1S/C38H53N3O9S.C34H45N3O6S.CO2.2O3S/c1-7-16-40(18-8-10-22-47-50-49-28(2)3)36(42)13-12-19-41-34-26-35-31(24-32(34)29(4)27-38(41,5)6)25-33(37(43)48-35)30-14-20-39(21-15-30)17-9-11-23-51(44,45)46;1-6-14-36(15-7-2)32(38)11-10-17-37-30-23-31-27(21-28(30)25(3)24-34(37,4)5)22-29(33(39)43-31)26-12-18-35(19-13-26)16-8-9-20-44(40,41)42;2-1-3;2*1-4(2)3/h14-15,20-21,24-28H,7-13,16-19,22-23H2,1-6H3;12-13,18-19,21-24H,6-11,14-17,20H2,1-5H3;;;. The number of fused-ring (bicyclic) bond motifs is 4. The fraction of sp³-hybridized carbons (Fsp3) is 0.521. The minimum Gasteiger partial charge on any atom is -0.748 e. The summed E-state index contributed by atoms with van der Waals surface area (Å²) in [5, 5.41) is 6.33. The van der Waals surface area contributed by atoms with E-state index in [0.29, 0.717) is 119 Å². The van der Waals surface area contributed by atoms with Crippen LogP contribution in [0.1, 0.15) is 171 Å². The van der Waals surface area contributed by atoms with Gasteiger partial charge in [0.1, 0.15) is 24.3 Å². The number of amides is 2. The maximum atomic E-state index is 13.3. The van der Waals surface area contributed by atoms with Crippen molar-refractivity contribution in [2.75, 3.05) is 67.2 Å². The number of carbonyl (C=O) groups is 2. The van der Waals surface area contributed by atoms with Crippen molar-refractivity contribution in [3.8, 4) is 22.3 Å². The van der Waals surface area contributed by atoms with E-state index < -0.39 is 52.7 Å². The molecule has 33 heteroatoms. The van der Waals surface area contributed by atoms with Crippen molar-refractivity contribution in [3.05, 3.63) is 130 Å². The molecule has 29 nitrogen and oxygen atoms in total. The number of nitrogens with zero attached hydrogens (tertiary/aromatic N) is 6. The molecule has 0 spiro atoms. The number of anilines is 2. The van der Waals surface area contributed by atoms with Gasteiger partial charge in [-0.2, -0.15) is 9.59 Å². The van der Waals surface area contributed by atoms with Gasteiger partial charge < -0.3 is 37.5 Å². The molecule has 0 saturated heterocycles. The second kappa shape index (κ2) is 43.3. The fourth-order valence-corrected chi connectivity index (χ4v) is 13.7. The topological polar surface area (TPSA) is 394 Å². The Kier molecular flexibility index (Phi) is 36.8. The zero-order chi connectivity index (χ0) is 79.1. The van der Waals surface area contributed by atoms with E-state index in [0.717, 1.165) is 102 Å². The Balaban J connectivity index is 0.000000396. The van der Waals surface area contributed by atoms with Crippen molar-refractivity contribution in [3.63, 3.8) is 0 Å². The lowest BCUT2D eigenvalue weighted by Crippen LogP contribution is -2.46. The normalized spacial score (nSPS) is 13.3. The molecule has 0 N–H and O–H groups in total. The van der Waals surface area contributed by atoms with Crippen LogP contribution in [0.2, 0.25) is 0 Å². The van der Waals surface area contributed by atoms with Gasteiger partial charge in [0.2, 0.25) is 11.8 Å². The average Bonchev–Trinajstić information content (AvgIpc) is 0.752. The van der Waals surface area contributed by atoms with Crippen LogP contribution in [0.3, 0.4) is 0 Å². The van der Waals surface area contributed by atoms with Crippen LogP contribution in [0.5, 0.6) is 0 Å². The molecule has 2 aromatic carbocycles. The summed E-state index contributed by atoms with van der Waals surface area (Å²) in [5.41, 5.74) is 8.23. The summed E-state index contributed by atoms with van der Waals surface area (Å²) < 4.78 is 131. The number of hydrogen-bond donors (Lipinski definition) is 0. The van der Waals surface area contributed by atoms with E-state index >= 15 is 0 Å². The van der Waals surface area contributed by atoms with Crippen molar-refractivity contribution in [2.45, 2.75) is 190 Å². The van der Waals surface area contributed by atoms with Crippen molar-refractivity contribution in [1.82, 2.24) is 9.80 Å². The van der Waals surface area contributed by atoms with Gasteiger partial charge in [-0.05, 0) is 149 Å². The molecule has 0 fully saturated rings. The Morgan fingerprint density at radius 3 is 1.25 bits per heavy atom. The molecule has 4 aromatic heterocycles. The van der Waals surface area contributed by atoms with Gasteiger partial charge in [0.05, 0.1) is 55.2 Å². The van der Waals surface area contributed by atoms with Crippen LogP contribution in [0.4, 0.5) is 11.4 Å². The van der Waals surface area contributed by atoms with Gasteiger partial charge in [0.15, 0.2) is 24.8 Å². The second-order valence-electron chi connectivity index (χ2n) is 26.8. The number of aromatic nitrogens is 2. The summed E-state index contributed by atoms with van der Waals surface area (Å²) in [4.78, 5) is 87.3. The molecule has 8 rings (SSSR count). The Morgan fingerprint density at radius 2 is 0.906 bits per heavy atom. The summed E-state index contributed by atoms with van der Waals surface area (Å²) >= 11 is 0. The second-order valence-corrected chi connectivity index (χ2v) is 30.6. The molecule has 2 amide bonds. The summed E-state index contributed by atoms with van der Waals surface area (Å²) in [5.74, 6) is -0.405. The maximum Gasteiger partial charge on any atom is 0.425 e. The lowest BCUT2D eigenvalue weighted by molar-refractivity contribution is -0.697. The maximum absolute atomic E-state index is 13.3. The number of hydrogen-bond acceptors (Lipinski definition) is 25. The number of carbonyl (C=O) groups excluding carboxylic acids is 4. The van der Waals surface area contributed by atoms with E-state index in [-0.39, 0.29) is 46.7 Å². The summed E-state index contributed by atoms with van der Waals surface area (Å²) in [6.07, 6.45) is 20.3. The van der Waals surface area contributed by atoms with Gasteiger partial charge >= 0.3 is 38.6 Å². The first-order valence-electron chi connectivity index (χ1n) is 35.0. The third kappa shape index (κ3) is 30.0. The van der Waals surface area contributed by atoms with Crippen LogP contribution in [-0.4, -0.2) is 154 Å². The van der Waals surface area contributed by atoms with Gasteiger partial charge in [-0.3, -0.25) is 9.59 Å². The molecule has 0 atom stereocenters. The zero-order valence-electron chi connectivity index (χ0n) is 62.0. The third-order valence-corrected chi connectivity index (χ3v) is 18.7. The van der Waals surface area contributed by atoms with Crippen molar-refractivity contribution in [2.24, 2.45) is 0 Å². The van der Waals surface area contributed by atoms with Crippen molar-refractivity contribution in [1.29, 1.82) is 0 Å². The van der Waals surface area contributed by atoms with E-state index in [1.807, 2.05) is 106 Å². The predicted molar refractivity (Wildman–Crippen MR) is 393 cm³/mol. The number of aryl methyl sites for hydroxylation is 2. The van der Waals surface area contributed by atoms with Crippen LogP contribution in [0.25, 0.3) is 55.3 Å². The van der Waals surface area contributed by atoms with Crippen molar-refractivity contribution >= 4 is 104 Å². The molecule has 2 aliphatic rings. The molecule has 0 radical (unpaired) electrons. The number of unbranched alkanes of at least 4 members (excludes halogenated alkanes) is 3. The molecular formula is C73H98N6O23S4. The first-order chi connectivity index (χ1) is 49.9. The SMILES string of the molecule is CCCN(CCC)C(=O)CCCN1c2cc3oc(=O)c(-c4cc[n+](CCCCS(=O)(=O)[O-])cc4)cc3cc2C(C)=CC1(C)C.CCCN(CCCCOOOC(C)C)C(=O)CCCN1c2cc3oc(=O)c(-c4cc[n+](CCCCS(=O)(=O)[O-])cc4)cc3cc2C(C)=CC1(C)C.O=C=O.O=S(=O)=O.O=S(=O)=O. The van der Waals surface area contributed by atoms with Gasteiger partial charge in [-0.25, -0.2) is 45.3 Å². The highest BCUT2D eigenvalue weighted by Gasteiger charge is 2.34. The molecule has 106 heavy (non-hydrogen) atoms. The largest absolute Gasteiger partial charge is 0.748 e. The van der Waals surface area contributed by atoms with E-state index in [2.05, 4.69) is 96.4 Å². The first-order valence-corrected chi connectivity index (χ1v) is 40.1. The highest BCUT2D eigenvalue weighted by Crippen LogP contribution is 2.43. The number of benzene rings is 2. The Morgan fingerprint density at radius 1 is 0.557 bits per heavy atom.